The standard InChI is InChI=1S/C16H22O6S2Si2/c1-23(17,18)21-25(3,15-11-7-5-8-12-15)26(4,22-24(2,19)20)16-13-9-6-10-14-16/h5-14H,1-4H3. The van der Waals surface area contributed by atoms with Crippen molar-refractivity contribution in [1.29, 1.82) is 0 Å². The van der Waals surface area contributed by atoms with Crippen LogP contribution in [0.4, 0.5) is 0 Å². The lowest BCUT2D eigenvalue weighted by Gasteiger charge is -2.40. The summed E-state index contributed by atoms with van der Waals surface area (Å²) in [6.07, 6.45) is 1.95. The van der Waals surface area contributed by atoms with Gasteiger partial charge in [0, 0.05) is 0 Å². The third kappa shape index (κ3) is 4.70. The molecule has 0 heterocycles. The van der Waals surface area contributed by atoms with Gasteiger partial charge in [0.05, 0.1) is 12.5 Å². The molecule has 0 aliphatic carbocycles. The lowest BCUT2D eigenvalue weighted by Crippen LogP contribution is -2.76. The fourth-order valence-corrected chi connectivity index (χ4v) is 22.5. The van der Waals surface area contributed by atoms with Crippen LogP contribution < -0.4 is 10.4 Å². The van der Waals surface area contributed by atoms with Gasteiger partial charge in [-0.15, -0.1) is 0 Å². The first-order chi connectivity index (χ1) is 11.9. The quantitative estimate of drug-likeness (QED) is 0.609. The molecule has 2 aromatic rings. The predicted molar refractivity (Wildman–Crippen MR) is 107 cm³/mol. The normalized spacial score (nSPS) is 17.2. The zero-order chi connectivity index (χ0) is 19.6. The first-order valence-corrected chi connectivity index (χ1v) is 17.2. The van der Waals surface area contributed by atoms with Crippen molar-refractivity contribution in [2.45, 2.75) is 13.1 Å². The van der Waals surface area contributed by atoms with Crippen molar-refractivity contribution in [2.75, 3.05) is 12.5 Å². The lowest BCUT2D eigenvalue weighted by molar-refractivity contribution is 0.478. The predicted octanol–water partition coefficient (Wildman–Crippen LogP) is 0.982. The van der Waals surface area contributed by atoms with Gasteiger partial charge in [0.1, 0.15) is 0 Å². The molecule has 10 heteroatoms. The van der Waals surface area contributed by atoms with Crippen molar-refractivity contribution in [3.05, 3.63) is 60.7 Å². The monoisotopic (exact) mass is 430 g/mol. The molecule has 0 saturated carbocycles. The Balaban J connectivity index is 2.82. The first-order valence-electron chi connectivity index (χ1n) is 7.80. The summed E-state index contributed by atoms with van der Waals surface area (Å²) in [5, 5.41) is 1.32. The van der Waals surface area contributed by atoms with Crippen LogP contribution in [0.15, 0.2) is 60.7 Å². The van der Waals surface area contributed by atoms with Crippen LogP contribution in [0.5, 0.6) is 0 Å². The molecule has 6 nitrogen and oxygen atoms in total. The highest BCUT2D eigenvalue weighted by Gasteiger charge is 2.59. The molecule has 2 unspecified atom stereocenters. The second-order valence-corrected chi connectivity index (χ2v) is 21.5. The maximum Gasteiger partial charge on any atom is 0.269 e. The SMILES string of the molecule is C[Si](OS(C)(=O)=O)(c1ccccc1)[Si](C)(OS(C)(=O)=O)c1ccccc1. The number of hydrogen-bond acceptors (Lipinski definition) is 6. The second kappa shape index (κ2) is 7.37. The topological polar surface area (TPSA) is 86.7 Å². The minimum atomic E-state index is -3.86. The molecule has 0 spiro atoms. The lowest BCUT2D eigenvalue weighted by atomic mass is 10.4. The van der Waals surface area contributed by atoms with Gasteiger partial charge >= 0.3 is 0 Å². The molecule has 2 aromatic carbocycles. The van der Waals surface area contributed by atoms with Gasteiger partial charge in [-0.3, -0.25) is 0 Å². The summed E-state index contributed by atoms with van der Waals surface area (Å²) in [5.74, 6) is 0. The van der Waals surface area contributed by atoms with Crippen molar-refractivity contribution in [2.24, 2.45) is 0 Å². The zero-order valence-electron chi connectivity index (χ0n) is 15.0. The number of benzene rings is 2. The van der Waals surface area contributed by atoms with Crippen molar-refractivity contribution >= 4 is 46.3 Å². The highest BCUT2D eigenvalue weighted by atomic mass is 32.2. The number of hydrogen-bond donors (Lipinski definition) is 0. The largest absolute Gasteiger partial charge is 0.310 e. The molecular formula is C16H22O6S2Si2. The molecule has 0 aliphatic heterocycles. The van der Waals surface area contributed by atoms with E-state index < -0.39 is 35.9 Å². The van der Waals surface area contributed by atoms with Crippen LogP contribution in [-0.4, -0.2) is 45.0 Å². The maximum absolute atomic E-state index is 12.1. The Kier molecular flexibility index (Phi) is 5.95. The smallest absolute Gasteiger partial charge is 0.269 e. The average molecular weight is 431 g/mol. The minimum Gasteiger partial charge on any atom is -0.310 e. The van der Waals surface area contributed by atoms with E-state index in [0.29, 0.717) is 10.4 Å². The fraction of sp³-hybridized carbons (Fsp3) is 0.250. The summed E-state index contributed by atoms with van der Waals surface area (Å²) >= 11 is 0. The van der Waals surface area contributed by atoms with Gasteiger partial charge in [-0.2, -0.15) is 0 Å². The molecule has 0 aromatic heterocycles. The molecule has 0 fully saturated rings. The van der Waals surface area contributed by atoms with Crippen LogP contribution in [0.1, 0.15) is 0 Å². The molecule has 2 rings (SSSR count). The van der Waals surface area contributed by atoms with Gasteiger partial charge in [-0.25, -0.2) is 16.8 Å². The van der Waals surface area contributed by atoms with Gasteiger partial charge in [0.25, 0.3) is 35.9 Å². The minimum absolute atomic E-state index is 0.659. The van der Waals surface area contributed by atoms with Crippen LogP contribution >= 0.6 is 0 Å². The van der Waals surface area contributed by atoms with Crippen molar-refractivity contribution in [3.8, 4) is 0 Å². The highest BCUT2D eigenvalue weighted by molar-refractivity contribution is 7.89. The third-order valence-electron chi connectivity index (χ3n) is 4.20. The number of rotatable bonds is 7. The van der Waals surface area contributed by atoms with E-state index in [9.17, 15) is 16.8 Å². The van der Waals surface area contributed by atoms with Crippen molar-refractivity contribution < 1.29 is 24.6 Å². The van der Waals surface area contributed by atoms with E-state index in [2.05, 4.69) is 0 Å². The van der Waals surface area contributed by atoms with E-state index in [1.165, 1.54) is 0 Å². The molecule has 26 heavy (non-hydrogen) atoms. The van der Waals surface area contributed by atoms with Gasteiger partial charge < -0.3 is 7.74 Å². The summed E-state index contributed by atoms with van der Waals surface area (Å²) in [4.78, 5) is 0. The Labute approximate surface area is 157 Å². The van der Waals surface area contributed by atoms with Crippen molar-refractivity contribution in [3.63, 3.8) is 0 Å². The Morgan fingerprint density at radius 2 is 0.885 bits per heavy atom. The second-order valence-electron chi connectivity index (χ2n) is 6.37. The Hall–Kier alpha value is -1.31. The molecule has 142 valence electrons. The molecule has 0 amide bonds. The van der Waals surface area contributed by atoms with Gasteiger partial charge in [-0.05, 0) is 23.5 Å². The van der Waals surface area contributed by atoms with E-state index in [1.54, 1.807) is 73.8 Å². The van der Waals surface area contributed by atoms with Crippen molar-refractivity contribution in [1.82, 2.24) is 0 Å². The van der Waals surface area contributed by atoms with E-state index in [-0.39, 0.29) is 0 Å². The molecule has 0 bridgehead atoms. The maximum atomic E-state index is 12.1. The average Bonchev–Trinajstić information content (AvgIpc) is 2.53. The summed E-state index contributed by atoms with van der Waals surface area (Å²) in [6, 6.07) is 17.7. The Morgan fingerprint density at radius 3 is 1.12 bits per heavy atom. The van der Waals surface area contributed by atoms with Crippen LogP contribution in [0.2, 0.25) is 13.1 Å². The van der Waals surface area contributed by atoms with Crippen LogP contribution in [0.3, 0.4) is 0 Å². The summed E-state index contributed by atoms with van der Waals surface area (Å²) < 4.78 is 59.7. The molecule has 0 aliphatic rings. The van der Waals surface area contributed by atoms with E-state index in [1.807, 2.05) is 0 Å². The summed E-state index contributed by atoms with van der Waals surface area (Å²) in [6.45, 7) is 3.40. The van der Waals surface area contributed by atoms with E-state index in [0.717, 1.165) is 12.5 Å². The molecule has 2 atom stereocenters. The molecule has 0 saturated heterocycles. The molecule has 0 N–H and O–H groups in total. The van der Waals surface area contributed by atoms with Gasteiger partial charge in [-0.1, -0.05) is 60.7 Å². The molecular weight excluding hydrogens is 408 g/mol. The van der Waals surface area contributed by atoms with Crippen LogP contribution in [-0.2, 0) is 28.0 Å². The first kappa shape index (κ1) is 21.0. The van der Waals surface area contributed by atoms with Crippen LogP contribution in [0, 0.1) is 0 Å². The fourth-order valence-electron chi connectivity index (χ4n) is 2.92. The Morgan fingerprint density at radius 1 is 0.615 bits per heavy atom. The zero-order valence-corrected chi connectivity index (χ0v) is 18.7. The summed E-state index contributed by atoms with van der Waals surface area (Å²) in [7, 11) is -14.5. The highest BCUT2D eigenvalue weighted by Crippen LogP contribution is 2.25. The van der Waals surface area contributed by atoms with E-state index in [4.69, 9.17) is 7.74 Å². The Bertz CT molecular complexity index is 883. The summed E-state index contributed by atoms with van der Waals surface area (Å²) in [5.41, 5.74) is 0. The van der Waals surface area contributed by atoms with E-state index >= 15 is 0 Å². The van der Waals surface area contributed by atoms with Gasteiger partial charge in [0.15, 0.2) is 0 Å². The van der Waals surface area contributed by atoms with Crippen LogP contribution in [0.25, 0.3) is 0 Å². The van der Waals surface area contributed by atoms with Gasteiger partial charge in [0.2, 0.25) is 0 Å². The third-order valence-corrected chi connectivity index (χ3v) is 22.7. The molecule has 0 radical (unpaired) electrons.